The molecule has 0 saturated heterocycles. The van der Waals surface area contributed by atoms with Gasteiger partial charge in [0.15, 0.2) is 0 Å². The van der Waals surface area contributed by atoms with Crippen molar-refractivity contribution in [1.82, 2.24) is 0 Å². The maximum absolute atomic E-state index is 4.42. The summed E-state index contributed by atoms with van der Waals surface area (Å²) < 4.78 is 14.1. The van der Waals surface area contributed by atoms with Crippen LogP contribution in [0.25, 0.3) is 6.08 Å². The molecule has 0 amide bonds. The summed E-state index contributed by atoms with van der Waals surface area (Å²) >= 11 is -4.42. The van der Waals surface area contributed by atoms with Gasteiger partial charge in [0.1, 0.15) is 0 Å². The number of hydrogen-bond donors (Lipinski definition) is 0. The molecule has 0 bridgehead atoms. The Morgan fingerprint density at radius 3 is 1.96 bits per heavy atom. The van der Waals surface area contributed by atoms with Crippen LogP contribution in [-0.2, 0) is 31.6 Å². The first-order chi connectivity index (χ1) is 12.6. The van der Waals surface area contributed by atoms with Gasteiger partial charge in [-0.2, -0.15) is 0 Å². The second kappa shape index (κ2) is 4.79. The Hall–Kier alpha value is -0.690. The predicted octanol–water partition coefficient (Wildman–Crippen LogP) is 8.75. The van der Waals surface area contributed by atoms with Gasteiger partial charge < -0.3 is 0 Å². The van der Waals surface area contributed by atoms with E-state index in [0.717, 1.165) is 0 Å². The predicted molar refractivity (Wildman–Crippen MR) is 125 cm³/mol. The van der Waals surface area contributed by atoms with E-state index >= 15 is 0 Å². The zero-order chi connectivity index (χ0) is 20.7. The van der Waals surface area contributed by atoms with Crippen molar-refractivity contribution in [1.29, 1.82) is 0 Å². The van der Waals surface area contributed by atoms with Gasteiger partial charge in [0.05, 0.1) is 0 Å². The van der Waals surface area contributed by atoms with Gasteiger partial charge in [-0.1, -0.05) is 0 Å². The van der Waals surface area contributed by atoms with Crippen LogP contribution in [0.15, 0.2) is 42.5 Å². The van der Waals surface area contributed by atoms with Crippen molar-refractivity contribution < 1.29 is 15.6 Å². The number of rotatable bonds is 4. The summed E-state index contributed by atoms with van der Waals surface area (Å²) in [6, 6.07) is 5.19. The van der Waals surface area contributed by atoms with Gasteiger partial charge in [-0.3, -0.25) is 0 Å². The van der Waals surface area contributed by atoms with E-state index in [9.17, 15) is 0 Å². The number of allylic oxidation sites excluding steroid dienone is 5. The third-order valence-electron chi connectivity index (χ3n) is 10.6. The van der Waals surface area contributed by atoms with E-state index in [0.29, 0.717) is 9.09 Å². The molecule has 3 aliphatic rings. The molecule has 0 spiro atoms. The summed E-state index contributed by atoms with van der Waals surface area (Å²) in [4.78, 5) is 0. The van der Waals surface area contributed by atoms with E-state index in [2.05, 4.69) is 92.8 Å². The molecule has 0 heterocycles. The SMILES string of the molecule is CCC1(CC)Cc2cc3c(cc2C1)[C](C)([Hf]([CH3])([CH3])([CH3])([CH3])([CH3])[CH]1C=CC=C1)C=C3. The molecule has 1 heteroatoms. The van der Waals surface area contributed by atoms with Crippen molar-refractivity contribution in [3.05, 3.63) is 64.8 Å². The average Bonchev–Trinajstić information content (AvgIpc) is 3.30. The van der Waals surface area contributed by atoms with Crippen LogP contribution in [0, 0.1) is 5.41 Å². The summed E-state index contributed by atoms with van der Waals surface area (Å²) in [6.07, 6.45) is 19.6. The molecule has 0 radical (unpaired) electrons. The van der Waals surface area contributed by atoms with Crippen molar-refractivity contribution >= 4 is 6.08 Å². The Bertz CT molecular complexity index is 955. The zero-order valence-corrected chi connectivity index (χ0v) is 23.1. The van der Waals surface area contributed by atoms with Crippen LogP contribution in [0.1, 0.15) is 55.9 Å². The fraction of sp³-hybridized carbons (Fsp3) is 0.556. The second-order valence-electron chi connectivity index (χ2n) is 15.4. The molecule has 0 saturated carbocycles. The first-order valence-corrected chi connectivity index (χ1v) is 33.4. The molecule has 1 aromatic carbocycles. The summed E-state index contributed by atoms with van der Waals surface area (Å²) in [7, 11) is 0. The van der Waals surface area contributed by atoms with Crippen molar-refractivity contribution in [3.63, 3.8) is 0 Å². The van der Waals surface area contributed by atoms with Crippen LogP contribution in [0.2, 0.25) is 27.1 Å². The number of benzene rings is 1. The Labute approximate surface area is 167 Å². The molecule has 1 aromatic rings. The Morgan fingerprint density at radius 2 is 1.43 bits per heavy atom. The molecule has 1 unspecified atom stereocenters. The van der Waals surface area contributed by atoms with E-state index in [1.807, 2.05) is 0 Å². The molecule has 3 aliphatic carbocycles. The Balaban J connectivity index is 1.93. The molecule has 0 aliphatic heterocycles. The van der Waals surface area contributed by atoms with Crippen LogP contribution in [0.3, 0.4) is 0 Å². The van der Waals surface area contributed by atoms with Crippen molar-refractivity contribution in [2.24, 2.45) is 5.41 Å². The van der Waals surface area contributed by atoms with Crippen molar-refractivity contribution in [2.75, 3.05) is 0 Å². The molecular weight excluding hydrogens is 503 g/mol. The minimum atomic E-state index is -4.42. The molecule has 0 aromatic heterocycles. The van der Waals surface area contributed by atoms with Gasteiger partial charge >= 0.3 is 169 Å². The van der Waals surface area contributed by atoms with Gasteiger partial charge in [0.2, 0.25) is 0 Å². The van der Waals surface area contributed by atoms with E-state index in [-0.39, 0.29) is 3.17 Å². The fourth-order valence-corrected chi connectivity index (χ4v) is 27.3. The summed E-state index contributed by atoms with van der Waals surface area (Å²) in [5.74, 6) is 0. The van der Waals surface area contributed by atoms with Crippen molar-refractivity contribution in [2.45, 2.75) is 76.7 Å². The Morgan fingerprint density at radius 1 is 0.893 bits per heavy atom. The normalized spacial score (nSPS) is 29.2. The van der Waals surface area contributed by atoms with E-state index in [1.54, 1.807) is 16.7 Å². The topological polar surface area (TPSA) is 0 Å². The summed E-state index contributed by atoms with van der Waals surface area (Å²) in [5, 5.41) is 0. The van der Waals surface area contributed by atoms with Gasteiger partial charge in [0, 0.05) is 0 Å². The zero-order valence-electron chi connectivity index (χ0n) is 19.5. The van der Waals surface area contributed by atoms with Crippen molar-refractivity contribution in [3.8, 4) is 0 Å². The van der Waals surface area contributed by atoms with Crippen LogP contribution in [0.5, 0.6) is 0 Å². The molecule has 0 N–H and O–H groups in total. The van der Waals surface area contributed by atoms with Crippen LogP contribution < -0.4 is 0 Å². The average molecular weight is 544 g/mol. The first-order valence-electron chi connectivity index (χ1n) is 11.6. The van der Waals surface area contributed by atoms with E-state index in [1.165, 1.54) is 31.2 Å². The van der Waals surface area contributed by atoms with E-state index < -0.39 is 15.6 Å². The minimum absolute atomic E-state index is 0.0989. The van der Waals surface area contributed by atoms with Crippen LogP contribution in [-0.4, -0.2) is 0 Å². The molecule has 153 valence electrons. The molecule has 1 atom stereocenters. The fourth-order valence-electron chi connectivity index (χ4n) is 6.64. The first kappa shape index (κ1) is 20.6. The van der Waals surface area contributed by atoms with Gasteiger partial charge in [0.25, 0.3) is 0 Å². The van der Waals surface area contributed by atoms with Crippen LogP contribution >= 0.6 is 0 Å². The van der Waals surface area contributed by atoms with Gasteiger partial charge in [-0.15, -0.1) is 0 Å². The van der Waals surface area contributed by atoms with Crippen LogP contribution in [0.4, 0.5) is 0 Å². The third kappa shape index (κ3) is 2.32. The quantitative estimate of drug-likeness (QED) is 0.333. The van der Waals surface area contributed by atoms with Gasteiger partial charge in [-0.05, 0) is 0 Å². The molecule has 4 rings (SSSR count). The standard InChI is InChI=1S/C17H21.C5H5.5CH3.Hf/c1-4-17(5-2)10-14-8-13-7-6-12(3)16(13)9-15(14)11-17;1-2-4-5-3-1;;;;;;/h6-9H,4-5,10-11H2,1-3H3;1-5H;5*1H3;. The summed E-state index contributed by atoms with van der Waals surface area (Å²) in [5.41, 5.74) is 6.82. The molecule has 0 nitrogen and oxygen atoms in total. The number of fused-ring (bicyclic) bond motifs is 2. The summed E-state index contributed by atoms with van der Waals surface area (Å²) in [6.45, 7) is 7.33. The van der Waals surface area contributed by atoms with Gasteiger partial charge in [-0.25, -0.2) is 0 Å². The third-order valence-corrected chi connectivity index (χ3v) is 47.6. The maximum atomic E-state index is 2.70. The molecular formula is C27H41Hf. The molecule has 0 fully saturated rings. The Kier molecular flexibility index (Phi) is 3.52. The second-order valence-corrected chi connectivity index (χ2v) is 77.9. The van der Waals surface area contributed by atoms with E-state index in [4.69, 9.17) is 0 Å². The molecule has 28 heavy (non-hydrogen) atoms. The monoisotopic (exact) mass is 545 g/mol. The number of hydrogen-bond acceptors (Lipinski definition) is 0.